The van der Waals surface area contributed by atoms with Crippen LogP contribution in [0.2, 0.25) is 0 Å². The van der Waals surface area contributed by atoms with Crippen LogP contribution < -0.4 is 9.62 Å². The zero-order chi connectivity index (χ0) is 23.3. The number of aryl methyl sites for hydroxylation is 3. The van der Waals surface area contributed by atoms with E-state index in [0.29, 0.717) is 11.3 Å². The third-order valence-electron chi connectivity index (χ3n) is 5.63. The number of carbonyl (C=O) groups is 1. The van der Waals surface area contributed by atoms with Crippen molar-refractivity contribution in [1.82, 2.24) is 0 Å². The Morgan fingerprint density at radius 3 is 1.94 bits per heavy atom. The lowest BCUT2D eigenvalue weighted by atomic mass is 10.0. The molecule has 1 amide bonds. The van der Waals surface area contributed by atoms with E-state index in [2.05, 4.69) is 19.2 Å². The van der Waals surface area contributed by atoms with Crippen molar-refractivity contribution in [3.05, 3.63) is 94.5 Å². The third-order valence-corrected chi connectivity index (χ3v) is 6.77. The van der Waals surface area contributed by atoms with E-state index in [9.17, 15) is 13.2 Å². The molecule has 0 saturated carbocycles. The third kappa shape index (κ3) is 5.37. The number of benzene rings is 3. The van der Waals surface area contributed by atoms with E-state index in [1.54, 1.807) is 24.3 Å². The molecule has 32 heavy (non-hydrogen) atoms. The van der Waals surface area contributed by atoms with Crippen molar-refractivity contribution in [1.29, 1.82) is 0 Å². The average Bonchev–Trinajstić information content (AvgIpc) is 2.78. The molecule has 0 aromatic heterocycles. The average molecular weight is 451 g/mol. The van der Waals surface area contributed by atoms with E-state index in [-0.39, 0.29) is 12.5 Å². The fourth-order valence-corrected chi connectivity index (χ4v) is 4.59. The fourth-order valence-electron chi connectivity index (χ4n) is 3.71. The molecule has 0 spiro atoms. The molecule has 0 saturated heterocycles. The molecule has 0 fully saturated rings. The van der Waals surface area contributed by atoms with Gasteiger partial charge in [-0.25, -0.2) is 8.42 Å². The highest BCUT2D eigenvalue weighted by atomic mass is 32.2. The second kappa shape index (κ2) is 10.0. The van der Waals surface area contributed by atoms with Gasteiger partial charge in [-0.3, -0.25) is 9.10 Å². The summed E-state index contributed by atoms with van der Waals surface area (Å²) in [4.78, 5) is 12.9. The Morgan fingerprint density at radius 1 is 0.844 bits per heavy atom. The van der Waals surface area contributed by atoms with Crippen molar-refractivity contribution in [2.75, 3.05) is 15.9 Å². The summed E-state index contributed by atoms with van der Waals surface area (Å²) in [5, 5.41) is 3.05. The van der Waals surface area contributed by atoms with Gasteiger partial charge in [0.1, 0.15) is 0 Å². The molecule has 0 unspecified atom stereocenters. The highest BCUT2D eigenvalue weighted by Crippen LogP contribution is 2.25. The van der Waals surface area contributed by atoms with Gasteiger partial charge in [0, 0.05) is 11.3 Å². The summed E-state index contributed by atoms with van der Waals surface area (Å²) in [5.74, 6) is -0.211. The maximum Gasteiger partial charge on any atom is 0.255 e. The van der Waals surface area contributed by atoms with Gasteiger partial charge >= 0.3 is 0 Å². The molecule has 0 radical (unpaired) electrons. The molecule has 168 valence electrons. The molecule has 0 bridgehead atoms. The molecular weight excluding hydrogens is 420 g/mol. The van der Waals surface area contributed by atoms with E-state index in [0.717, 1.165) is 40.8 Å². The highest BCUT2D eigenvalue weighted by molar-refractivity contribution is 7.92. The van der Waals surface area contributed by atoms with Crippen LogP contribution in [0.25, 0.3) is 0 Å². The Balaban J connectivity index is 1.86. The zero-order valence-electron chi connectivity index (χ0n) is 19.1. The van der Waals surface area contributed by atoms with Crippen LogP contribution in [0.15, 0.2) is 66.7 Å². The minimum Gasteiger partial charge on any atom is -0.321 e. The van der Waals surface area contributed by atoms with Crippen LogP contribution in [0.3, 0.4) is 0 Å². The van der Waals surface area contributed by atoms with E-state index >= 15 is 0 Å². The van der Waals surface area contributed by atoms with Gasteiger partial charge in [-0.05, 0) is 66.3 Å². The Kier molecular flexibility index (Phi) is 7.36. The van der Waals surface area contributed by atoms with Crippen LogP contribution in [0.1, 0.15) is 46.5 Å². The van der Waals surface area contributed by atoms with E-state index in [4.69, 9.17) is 0 Å². The summed E-state index contributed by atoms with van der Waals surface area (Å²) >= 11 is 0. The second-order valence-corrected chi connectivity index (χ2v) is 9.76. The quantitative estimate of drug-likeness (QED) is 0.504. The molecule has 6 heteroatoms. The molecule has 0 aliphatic carbocycles. The molecule has 3 rings (SSSR count). The van der Waals surface area contributed by atoms with Gasteiger partial charge in [-0.1, -0.05) is 56.3 Å². The lowest BCUT2D eigenvalue weighted by molar-refractivity contribution is 0.102. The zero-order valence-corrected chi connectivity index (χ0v) is 19.9. The van der Waals surface area contributed by atoms with E-state index < -0.39 is 10.0 Å². The van der Waals surface area contributed by atoms with Crippen molar-refractivity contribution in [2.24, 2.45) is 0 Å². The Bertz CT molecular complexity index is 1180. The molecule has 3 aromatic rings. The van der Waals surface area contributed by atoms with Gasteiger partial charge in [0.05, 0.1) is 18.5 Å². The van der Waals surface area contributed by atoms with Crippen LogP contribution >= 0.6 is 0 Å². The summed E-state index contributed by atoms with van der Waals surface area (Å²) in [7, 11) is -3.50. The number of nitrogens with zero attached hydrogens (tertiary/aromatic N) is 1. The van der Waals surface area contributed by atoms with Crippen molar-refractivity contribution in [2.45, 2.75) is 40.2 Å². The maximum absolute atomic E-state index is 12.9. The molecular formula is C26H30N2O3S. The smallest absolute Gasteiger partial charge is 0.255 e. The van der Waals surface area contributed by atoms with Gasteiger partial charge in [0.15, 0.2) is 0 Å². The molecule has 0 aliphatic heterocycles. The number of para-hydroxylation sites is 1. The molecule has 5 nitrogen and oxygen atoms in total. The normalized spacial score (nSPS) is 11.2. The first kappa shape index (κ1) is 23.5. The van der Waals surface area contributed by atoms with Gasteiger partial charge in [0.2, 0.25) is 10.0 Å². The number of carbonyl (C=O) groups excluding carboxylic acids is 1. The van der Waals surface area contributed by atoms with Crippen molar-refractivity contribution < 1.29 is 13.2 Å². The standard InChI is InChI=1S/C26H30N2O3S/c1-5-20-12-9-13-21(6-2)25(20)27-26(29)22-14-16-24(17-15-22)28(32(4,30)31)18-23-11-8-7-10-19(23)3/h7-17H,5-6,18H2,1-4H3,(H,27,29). The van der Waals surface area contributed by atoms with E-state index in [1.807, 2.05) is 49.4 Å². The fraction of sp³-hybridized carbons (Fsp3) is 0.269. The Morgan fingerprint density at radius 2 is 1.41 bits per heavy atom. The van der Waals surface area contributed by atoms with E-state index in [1.165, 1.54) is 10.6 Å². The monoisotopic (exact) mass is 450 g/mol. The number of hydrogen-bond acceptors (Lipinski definition) is 3. The number of rotatable bonds is 8. The predicted molar refractivity (Wildman–Crippen MR) is 132 cm³/mol. The first-order valence-corrected chi connectivity index (χ1v) is 12.6. The Labute approximate surface area is 191 Å². The Hall–Kier alpha value is -3.12. The summed E-state index contributed by atoms with van der Waals surface area (Å²) < 4.78 is 26.4. The summed E-state index contributed by atoms with van der Waals surface area (Å²) in [5.41, 5.74) is 6.01. The lowest BCUT2D eigenvalue weighted by Gasteiger charge is -2.23. The molecule has 3 aromatic carbocycles. The van der Waals surface area contributed by atoms with Crippen LogP contribution in [0.4, 0.5) is 11.4 Å². The SMILES string of the molecule is CCc1cccc(CC)c1NC(=O)c1ccc(N(Cc2ccccc2C)S(C)(=O)=O)cc1. The minimum atomic E-state index is -3.50. The summed E-state index contributed by atoms with van der Waals surface area (Å²) in [6, 6.07) is 20.5. The van der Waals surface area contributed by atoms with Gasteiger partial charge in [0.25, 0.3) is 5.91 Å². The van der Waals surface area contributed by atoms with Crippen molar-refractivity contribution in [3.63, 3.8) is 0 Å². The topological polar surface area (TPSA) is 66.5 Å². The lowest BCUT2D eigenvalue weighted by Crippen LogP contribution is -2.29. The van der Waals surface area contributed by atoms with Gasteiger partial charge in [-0.15, -0.1) is 0 Å². The largest absolute Gasteiger partial charge is 0.321 e. The second-order valence-electron chi connectivity index (χ2n) is 7.86. The number of nitrogens with one attached hydrogen (secondary N) is 1. The van der Waals surface area contributed by atoms with Crippen LogP contribution in [0.5, 0.6) is 0 Å². The first-order valence-electron chi connectivity index (χ1n) is 10.8. The number of amides is 1. The van der Waals surface area contributed by atoms with Crippen LogP contribution in [0, 0.1) is 6.92 Å². The van der Waals surface area contributed by atoms with Crippen LogP contribution in [-0.2, 0) is 29.4 Å². The maximum atomic E-state index is 12.9. The molecule has 1 N–H and O–H groups in total. The molecule has 0 heterocycles. The van der Waals surface area contributed by atoms with Crippen molar-refractivity contribution in [3.8, 4) is 0 Å². The molecule has 0 aliphatic rings. The number of hydrogen-bond donors (Lipinski definition) is 1. The van der Waals surface area contributed by atoms with Crippen LogP contribution in [-0.4, -0.2) is 20.6 Å². The summed E-state index contributed by atoms with van der Waals surface area (Å²) in [6.45, 7) is 6.32. The highest BCUT2D eigenvalue weighted by Gasteiger charge is 2.19. The first-order chi connectivity index (χ1) is 15.2. The predicted octanol–water partition coefficient (Wildman–Crippen LogP) is 5.34. The van der Waals surface area contributed by atoms with Crippen molar-refractivity contribution >= 4 is 27.3 Å². The number of sulfonamides is 1. The summed E-state index contributed by atoms with van der Waals surface area (Å²) in [6.07, 6.45) is 2.84. The van der Waals surface area contributed by atoms with Gasteiger partial charge < -0.3 is 5.32 Å². The minimum absolute atomic E-state index is 0.211. The van der Waals surface area contributed by atoms with Gasteiger partial charge in [-0.2, -0.15) is 0 Å². The number of anilines is 2. The molecule has 0 atom stereocenters.